The molecule has 3 N–H and O–H groups in total. The van der Waals surface area contributed by atoms with Gasteiger partial charge in [-0.1, -0.05) is 37.3 Å². The minimum atomic E-state index is -0.114. The van der Waals surface area contributed by atoms with Crippen molar-refractivity contribution in [1.82, 2.24) is 5.32 Å². The number of amides is 2. The van der Waals surface area contributed by atoms with Gasteiger partial charge in [-0.05, 0) is 78.7 Å². The molecule has 0 aromatic heterocycles. The molecule has 5 rings (SSSR count). The second-order valence-corrected chi connectivity index (χ2v) is 8.65. The summed E-state index contributed by atoms with van der Waals surface area (Å²) < 4.78 is 0. The topological polar surface area (TPSA) is 53.2 Å². The summed E-state index contributed by atoms with van der Waals surface area (Å²) >= 11 is 0. The van der Waals surface area contributed by atoms with E-state index in [4.69, 9.17) is 0 Å². The Kier molecular flexibility index (Phi) is 4.50. The minimum absolute atomic E-state index is 0.114. The van der Waals surface area contributed by atoms with E-state index in [-0.39, 0.29) is 6.03 Å². The quantitative estimate of drug-likeness (QED) is 0.659. The lowest BCUT2D eigenvalue weighted by Crippen LogP contribution is -2.35. The summed E-state index contributed by atoms with van der Waals surface area (Å²) in [6, 6.07) is 17.6. The minimum Gasteiger partial charge on any atom is -0.378 e. The fourth-order valence-electron chi connectivity index (χ4n) is 5.97. The highest BCUT2D eigenvalue weighted by molar-refractivity contribution is 5.89. The van der Waals surface area contributed by atoms with Crippen LogP contribution in [0.1, 0.15) is 55.7 Å². The monoisotopic (exact) mass is 375 g/mol. The SMILES string of the molecule is CCCNC(=O)Nc1ccc2c(c1)C1C3CCC(C3)C1C(c1ccccc1)N2. The second-order valence-electron chi connectivity index (χ2n) is 8.65. The predicted molar refractivity (Wildman–Crippen MR) is 114 cm³/mol. The Hall–Kier alpha value is -2.49. The van der Waals surface area contributed by atoms with E-state index in [0.29, 0.717) is 24.4 Å². The third-order valence-electron chi connectivity index (χ3n) is 7.04. The summed E-state index contributed by atoms with van der Waals surface area (Å²) in [5, 5.41) is 9.77. The molecular formula is C24H29N3O. The number of rotatable bonds is 4. The van der Waals surface area contributed by atoms with Crippen LogP contribution in [0, 0.1) is 17.8 Å². The maximum atomic E-state index is 12.1. The average molecular weight is 376 g/mol. The number of hydrogen-bond donors (Lipinski definition) is 3. The van der Waals surface area contributed by atoms with E-state index in [1.165, 1.54) is 36.1 Å². The van der Waals surface area contributed by atoms with Crippen molar-refractivity contribution in [1.29, 1.82) is 0 Å². The molecule has 4 nitrogen and oxygen atoms in total. The number of fused-ring (bicyclic) bond motifs is 7. The van der Waals surface area contributed by atoms with Gasteiger partial charge < -0.3 is 16.0 Å². The number of carbonyl (C=O) groups excluding carboxylic acids is 1. The molecule has 4 heteroatoms. The van der Waals surface area contributed by atoms with Crippen molar-refractivity contribution >= 4 is 17.4 Å². The van der Waals surface area contributed by atoms with E-state index >= 15 is 0 Å². The first-order valence-corrected chi connectivity index (χ1v) is 10.7. The Labute approximate surface area is 167 Å². The van der Waals surface area contributed by atoms with Crippen LogP contribution in [0.5, 0.6) is 0 Å². The second kappa shape index (κ2) is 7.16. The van der Waals surface area contributed by atoms with Crippen molar-refractivity contribution in [2.75, 3.05) is 17.2 Å². The molecule has 2 bridgehead atoms. The molecule has 2 aromatic rings. The summed E-state index contributed by atoms with van der Waals surface area (Å²) in [6.45, 7) is 2.76. The van der Waals surface area contributed by atoms with Gasteiger partial charge in [0.2, 0.25) is 0 Å². The number of carbonyl (C=O) groups is 1. The van der Waals surface area contributed by atoms with Crippen molar-refractivity contribution in [3.05, 3.63) is 59.7 Å². The van der Waals surface area contributed by atoms with Gasteiger partial charge in [0.1, 0.15) is 0 Å². The van der Waals surface area contributed by atoms with Gasteiger partial charge in [-0.15, -0.1) is 0 Å². The maximum Gasteiger partial charge on any atom is 0.319 e. The summed E-state index contributed by atoms with van der Waals surface area (Å²) in [5.41, 5.74) is 4.94. The fourth-order valence-corrected chi connectivity index (χ4v) is 5.97. The number of urea groups is 1. The van der Waals surface area contributed by atoms with Crippen LogP contribution >= 0.6 is 0 Å². The van der Waals surface area contributed by atoms with Crippen molar-refractivity contribution in [2.45, 2.75) is 44.6 Å². The lowest BCUT2D eigenvalue weighted by atomic mass is 9.68. The van der Waals surface area contributed by atoms with Crippen LogP contribution in [0.25, 0.3) is 0 Å². The summed E-state index contributed by atoms with van der Waals surface area (Å²) in [4.78, 5) is 12.1. The standard InChI is InChI=1S/C24H29N3O/c1-2-12-25-24(28)26-18-10-11-20-19(14-18)21-16-8-9-17(13-16)22(21)23(27-20)15-6-4-3-5-7-15/h3-7,10-11,14,16-17,21-23,27H,2,8-9,12-13H2,1H3,(H2,25,26,28). The Bertz CT molecular complexity index is 865. The van der Waals surface area contributed by atoms with Crippen molar-refractivity contribution < 1.29 is 4.79 Å². The van der Waals surface area contributed by atoms with Gasteiger partial charge in [0.25, 0.3) is 0 Å². The third-order valence-corrected chi connectivity index (χ3v) is 7.04. The van der Waals surface area contributed by atoms with Crippen LogP contribution in [0.15, 0.2) is 48.5 Å². The molecule has 0 saturated heterocycles. The molecule has 146 valence electrons. The van der Waals surface area contributed by atoms with Gasteiger partial charge in [0.05, 0.1) is 6.04 Å². The van der Waals surface area contributed by atoms with Gasteiger partial charge in [-0.2, -0.15) is 0 Å². The number of hydrogen-bond acceptors (Lipinski definition) is 2. The van der Waals surface area contributed by atoms with Gasteiger partial charge in [-0.3, -0.25) is 0 Å². The summed E-state index contributed by atoms with van der Waals surface area (Å²) in [5.74, 6) is 2.84. The molecule has 1 heterocycles. The zero-order chi connectivity index (χ0) is 19.1. The molecule has 1 aliphatic heterocycles. The lowest BCUT2D eigenvalue weighted by Gasteiger charge is -2.43. The molecule has 0 radical (unpaired) electrons. The number of anilines is 2. The van der Waals surface area contributed by atoms with E-state index < -0.39 is 0 Å². The van der Waals surface area contributed by atoms with Crippen LogP contribution in [0.4, 0.5) is 16.2 Å². The normalized spacial score (nSPS) is 29.5. The van der Waals surface area contributed by atoms with Crippen LogP contribution in [0.3, 0.4) is 0 Å². The smallest absolute Gasteiger partial charge is 0.319 e. The van der Waals surface area contributed by atoms with Crippen molar-refractivity contribution in [3.8, 4) is 0 Å². The summed E-state index contributed by atoms with van der Waals surface area (Å²) in [6.07, 6.45) is 5.01. The Morgan fingerprint density at radius 1 is 1.11 bits per heavy atom. The number of nitrogens with one attached hydrogen (secondary N) is 3. The van der Waals surface area contributed by atoms with E-state index in [1.54, 1.807) is 0 Å². The van der Waals surface area contributed by atoms with E-state index in [2.05, 4.69) is 65.3 Å². The van der Waals surface area contributed by atoms with Crippen molar-refractivity contribution in [2.24, 2.45) is 17.8 Å². The Morgan fingerprint density at radius 3 is 2.75 bits per heavy atom. The van der Waals surface area contributed by atoms with E-state index in [0.717, 1.165) is 23.9 Å². The molecule has 3 aliphatic rings. The molecular weight excluding hydrogens is 346 g/mol. The van der Waals surface area contributed by atoms with E-state index in [1.807, 2.05) is 6.07 Å². The molecule has 5 atom stereocenters. The average Bonchev–Trinajstić information content (AvgIpc) is 3.35. The molecule has 2 saturated carbocycles. The van der Waals surface area contributed by atoms with Crippen LogP contribution in [0.2, 0.25) is 0 Å². The highest BCUT2D eigenvalue weighted by atomic mass is 16.2. The highest BCUT2D eigenvalue weighted by Crippen LogP contribution is 2.63. The third kappa shape index (κ3) is 2.95. The first-order chi connectivity index (χ1) is 13.7. The van der Waals surface area contributed by atoms with Crippen LogP contribution in [-0.4, -0.2) is 12.6 Å². The molecule has 2 amide bonds. The Balaban J connectivity index is 1.47. The van der Waals surface area contributed by atoms with E-state index in [9.17, 15) is 4.79 Å². The molecule has 0 spiro atoms. The molecule has 28 heavy (non-hydrogen) atoms. The first-order valence-electron chi connectivity index (χ1n) is 10.7. The molecule has 2 fully saturated rings. The van der Waals surface area contributed by atoms with Crippen molar-refractivity contribution in [3.63, 3.8) is 0 Å². The molecule has 2 aliphatic carbocycles. The Morgan fingerprint density at radius 2 is 1.93 bits per heavy atom. The van der Waals surface area contributed by atoms with Crippen LogP contribution < -0.4 is 16.0 Å². The molecule has 5 unspecified atom stereocenters. The van der Waals surface area contributed by atoms with Gasteiger partial charge >= 0.3 is 6.03 Å². The van der Waals surface area contributed by atoms with Crippen LogP contribution in [-0.2, 0) is 0 Å². The fraction of sp³-hybridized carbons (Fsp3) is 0.458. The predicted octanol–water partition coefficient (Wildman–Crippen LogP) is 5.51. The largest absolute Gasteiger partial charge is 0.378 e. The highest BCUT2D eigenvalue weighted by Gasteiger charge is 2.53. The number of benzene rings is 2. The zero-order valence-corrected chi connectivity index (χ0v) is 16.4. The van der Waals surface area contributed by atoms with Gasteiger partial charge in [0.15, 0.2) is 0 Å². The van der Waals surface area contributed by atoms with Gasteiger partial charge in [0, 0.05) is 17.9 Å². The molecule has 2 aromatic carbocycles. The lowest BCUT2D eigenvalue weighted by molar-refractivity contribution is 0.247. The van der Waals surface area contributed by atoms with Gasteiger partial charge in [-0.25, -0.2) is 4.79 Å². The zero-order valence-electron chi connectivity index (χ0n) is 16.4. The first kappa shape index (κ1) is 17.6. The maximum absolute atomic E-state index is 12.1. The summed E-state index contributed by atoms with van der Waals surface area (Å²) in [7, 11) is 0.